The van der Waals surface area contributed by atoms with Crippen LogP contribution in [-0.4, -0.2) is 20.2 Å². The average Bonchev–Trinajstić information content (AvgIpc) is 2.91. The summed E-state index contributed by atoms with van der Waals surface area (Å²) in [7, 11) is 0. The van der Waals surface area contributed by atoms with Gasteiger partial charge in [-0.2, -0.15) is 4.98 Å². The first-order valence-corrected chi connectivity index (χ1v) is 6.04. The zero-order valence-electron chi connectivity index (χ0n) is 10.5. The number of hydrogen-bond acceptors (Lipinski definition) is 6. The minimum Gasteiger partial charge on any atom is -0.505 e. The maximum absolute atomic E-state index is 9.88. The fourth-order valence-corrected chi connectivity index (χ4v) is 1.83. The number of nitrogens with zero attached hydrogens (tertiary/aromatic N) is 3. The summed E-state index contributed by atoms with van der Waals surface area (Å²) < 4.78 is 5.15. The number of anilines is 1. The highest BCUT2D eigenvalue weighted by Gasteiger charge is 2.14. The molecule has 0 amide bonds. The molecule has 3 N–H and O–H groups in total. The van der Waals surface area contributed by atoms with Crippen molar-refractivity contribution in [1.82, 2.24) is 15.1 Å². The van der Waals surface area contributed by atoms with Gasteiger partial charge in [0.2, 0.25) is 0 Å². The lowest BCUT2D eigenvalue weighted by atomic mass is 10.1. The predicted molar refractivity (Wildman–Crippen MR) is 72.9 cm³/mol. The zero-order chi connectivity index (χ0) is 13.9. The van der Waals surface area contributed by atoms with Gasteiger partial charge in [0.25, 0.3) is 5.89 Å². The standard InChI is InChI=1S/C14H12N4O2/c15-11-6-3-5-10(13(11)19)14-17-12(18-20-14)8-9-4-1-2-7-16-9/h1-7,19H,8,15H2. The van der Waals surface area contributed by atoms with Gasteiger partial charge in [0.05, 0.1) is 17.7 Å². The molecule has 3 aromatic rings. The molecule has 0 unspecified atom stereocenters. The number of pyridine rings is 1. The van der Waals surface area contributed by atoms with E-state index in [0.29, 0.717) is 17.8 Å². The van der Waals surface area contributed by atoms with Gasteiger partial charge in [-0.15, -0.1) is 0 Å². The summed E-state index contributed by atoms with van der Waals surface area (Å²) in [6, 6.07) is 10.6. The number of benzene rings is 1. The van der Waals surface area contributed by atoms with Crippen LogP contribution >= 0.6 is 0 Å². The molecular weight excluding hydrogens is 256 g/mol. The van der Waals surface area contributed by atoms with Crippen LogP contribution in [-0.2, 0) is 6.42 Å². The van der Waals surface area contributed by atoms with Gasteiger partial charge in [-0.05, 0) is 24.3 Å². The molecule has 0 aliphatic rings. The van der Waals surface area contributed by atoms with E-state index in [-0.39, 0.29) is 17.3 Å². The van der Waals surface area contributed by atoms with Gasteiger partial charge >= 0.3 is 0 Å². The molecular formula is C14H12N4O2. The molecule has 0 radical (unpaired) electrons. The van der Waals surface area contributed by atoms with E-state index < -0.39 is 0 Å². The summed E-state index contributed by atoms with van der Waals surface area (Å²) in [6.45, 7) is 0. The Kier molecular flexibility index (Phi) is 3.04. The lowest BCUT2D eigenvalue weighted by Crippen LogP contribution is -1.93. The van der Waals surface area contributed by atoms with Crippen LogP contribution in [0.4, 0.5) is 5.69 Å². The SMILES string of the molecule is Nc1cccc(-c2nc(Cc3ccccn3)no2)c1O. The Morgan fingerprint density at radius 2 is 2.05 bits per heavy atom. The molecule has 2 heterocycles. The Balaban J connectivity index is 1.89. The molecule has 1 aromatic carbocycles. The summed E-state index contributed by atoms with van der Waals surface area (Å²) >= 11 is 0. The van der Waals surface area contributed by atoms with Crippen molar-refractivity contribution in [3.8, 4) is 17.2 Å². The van der Waals surface area contributed by atoms with Crippen molar-refractivity contribution in [3.05, 3.63) is 54.1 Å². The summed E-state index contributed by atoms with van der Waals surface area (Å²) in [6.07, 6.45) is 2.17. The molecule has 6 heteroatoms. The monoisotopic (exact) mass is 268 g/mol. The third-order valence-corrected chi connectivity index (χ3v) is 2.83. The average molecular weight is 268 g/mol. The first kappa shape index (κ1) is 12.2. The number of para-hydroxylation sites is 1. The number of aromatic hydroxyl groups is 1. The molecule has 6 nitrogen and oxygen atoms in total. The normalized spacial score (nSPS) is 10.6. The van der Waals surface area contributed by atoms with Crippen LogP contribution in [0.3, 0.4) is 0 Å². The van der Waals surface area contributed by atoms with Crippen LogP contribution < -0.4 is 5.73 Å². The fourth-order valence-electron chi connectivity index (χ4n) is 1.83. The quantitative estimate of drug-likeness (QED) is 0.557. The van der Waals surface area contributed by atoms with E-state index in [9.17, 15) is 5.11 Å². The van der Waals surface area contributed by atoms with Crippen molar-refractivity contribution < 1.29 is 9.63 Å². The molecule has 3 rings (SSSR count). The second kappa shape index (κ2) is 5.00. The van der Waals surface area contributed by atoms with Crippen molar-refractivity contribution >= 4 is 5.69 Å². The Labute approximate surface area is 114 Å². The topological polar surface area (TPSA) is 98.1 Å². The third kappa shape index (κ3) is 2.31. The van der Waals surface area contributed by atoms with E-state index >= 15 is 0 Å². The number of rotatable bonds is 3. The maximum Gasteiger partial charge on any atom is 0.261 e. The van der Waals surface area contributed by atoms with Crippen molar-refractivity contribution in [1.29, 1.82) is 0 Å². The molecule has 20 heavy (non-hydrogen) atoms. The van der Waals surface area contributed by atoms with E-state index in [0.717, 1.165) is 5.69 Å². The molecule has 0 saturated heterocycles. The Morgan fingerprint density at radius 1 is 1.15 bits per heavy atom. The number of nitrogen functional groups attached to an aromatic ring is 1. The summed E-state index contributed by atoms with van der Waals surface area (Å²) in [4.78, 5) is 8.44. The Morgan fingerprint density at radius 3 is 2.85 bits per heavy atom. The summed E-state index contributed by atoms with van der Waals surface area (Å²) in [5.74, 6) is 0.682. The van der Waals surface area contributed by atoms with E-state index in [1.807, 2.05) is 18.2 Å². The zero-order valence-corrected chi connectivity index (χ0v) is 10.5. The van der Waals surface area contributed by atoms with Gasteiger partial charge in [0.15, 0.2) is 11.6 Å². The van der Waals surface area contributed by atoms with Crippen LogP contribution in [0.25, 0.3) is 11.5 Å². The van der Waals surface area contributed by atoms with Crippen LogP contribution in [0.1, 0.15) is 11.5 Å². The highest BCUT2D eigenvalue weighted by Crippen LogP contribution is 2.32. The van der Waals surface area contributed by atoms with Crippen LogP contribution in [0.2, 0.25) is 0 Å². The first-order valence-electron chi connectivity index (χ1n) is 6.04. The van der Waals surface area contributed by atoms with E-state index in [1.54, 1.807) is 24.4 Å². The van der Waals surface area contributed by atoms with Crippen LogP contribution in [0.15, 0.2) is 47.1 Å². The largest absolute Gasteiger partial charge is 0.505 e. The van der Waals surface area contributed by atoms with Gasteiger partial charge in [0, 0.05) is 11.9 Å². The Bertz CT molecular complexity index is 725. The molecule has 0 saturated carbocycles. The first-order chi connectivity index (χ1) is 9.74. The number of aromatic nitrogens is 3. The fraction of sp³-hybridized carbons (Fsp3) is 0.0714. The maximum atomic E-state index is 9.88. The molecule has 0 atom stereocenters. The number of nitrogens with two attached hydrogens (primary N) is 1. The van der Waals surface area contributed by atoms with Crippen molar-refractivity contribution in [3.63, 3.8) is 0 Å². The lowest BCUT2D eigenvalue weighted by Gasteiger charge is -2.01. The van der Waals surface area contributed by atoms with Gasteiger partial charge in [0.1, 0.15) is 0 Å². The van der Waals surface area contributed by atoms with E-state index in [4.69, 9.17) is 10.3 Å². The molecule has 0 aliphatic heterocycles. The number of phenolic OH excluding ortho intramolecular Hbond substituents is 1. The number of phenols is 1. The summed E-state index contributed by atoms with van der Waals surface area (Å²) in [5, 5.41) is 13.8. The van der Waals surface area contributed by atoms with Gasteiger partial charge in [-0.3, -0.25) is 4.98 Å². The minimum absolute atomic E-state index is 0.0551. The molecule has 0 bridgehead atoms. The van der Waals surface area contributed by atoms with Gasteiger partial charge in [-0.25, -0.2) is 0 Å². The second-order valence-electron chi connectivity index (χ2n) is 4.26. The van der Waals surface area contributed by atoms with Crippen molar-refractivity contribution in [2.24, 2.45) is 0 Å². The molecule has 0 aliphatic carbocycles. The van der Waals surface area contributed by atoms with Gasteiger partial charge < -0.3 is 15.4 Å². The lowest BCUT2D eigenvalue weighted by molar-refractivity contribution is 0.418. The molecule has 0 spiro atoms. The van der Waals surface area contributed by atoms with Gasteiger partial charge in [-0.1, -0.05) is 17.3 Å². The molecule has 2 aromatic heterocycles. The molecule has 100 valence electrons. The smallest absolute Gasteiger partial charge is 0.261 e. The predicted octanol–water partition coefficient (Wildman–Crippen LogP) is 2.01. The van der Waals surface area contributed by atoms with Crippen molar-refractivity contribution in [2.45, 2.75) is 6.42 Å². The van der Waals surface area contributed by atoms with Crippen LogP contribution in [0.5, 0.6) is 5.75 Å². The van der Waals surface area contributed by atoms with E-state index in [1.165, 1.54) is 0 Å². The number of hydrogen-bond donors (Lipinski definition) is 2. The molecule has 0 fully saturated rings. The highest BCUT2D eigenvalue weighted by atomic mass is 16.5. The second-order valence-corrected chi connectivity index (χ2v) is 4.26. The minimum atomic E-state index is -0.0551. The van der Waals surface area contributed by atoms with Crippen molar-refractivity contribution in [2.75, 3.05) is 5.73 Å². The highest BCUT2D eigenvalue weighted by molar-refractivity contribution is 5.71. The summed E-state index contributed by atoms with van der Waals surface area (Å²) in [5.41, 5.74) is 7.17. The Hall–Kier alpha value is -2.89. The van der Waals surface area contributed by atoms with E-state index in [2.05, 4.69) is 15.1 Å². The third-order valence-electron chi connectivity index (χ3n) is 2.83. The van der Waals surface area contributed by atoms with Crippen LogP contribution in [0, 0.1) is 0 Å².